The number of benzene rings is 2. The fourth-order valence-corrected chi connectivity index (χ4v) is 4.12. The molecular formula is C22H26O7. The van der Waals surface area contributed by atoms with Crippen LogP contribution in [0, 0.1) is 6.92 Å². The van der Waals surface area contributed by atoms with Crippen LogP contribution in [0.3, 0.4) is 0 Å². The molecular weight excluding hydrogens is 376 g/mol. The van der Waals surface area contributed by atoms with Crippen molar-refractivity contribution in [1.82, 2.24) is 0 Å². The van der Waals surface area contributed by atoms with Gasteiger partial charge in [0.15, 0.2) is 0 Å². The van der Waals surface area contributed by atoms with Crippen LogP contribution in [0.1, 0.15) is 22.3 Å². The van der Waals surface area contributed by atoms with E-state index < -0.39 is 36.3 Å². The van der Waals surface area contributed by atoms with Crippen LogP contribution in [0.15, 0.2) is 42.5 Å². The predicted molar refractivity (Wildman–Crippen MR) is 104 cm³/mol. The van der Waals surface area contributed by atoms with Crippen LogP contribution in [-0.4, -0.2) is 64.7 Å². The van der Waals surface area contributed by atoms with Gasteiger partial charge in [0.2, 0.25) is 5.79 Å². The third-order valence-electron chi connectivity index (χ3n) is 6.03. The van der Waals surface area contributed by atoms with E-state index in [0.717, 1.165) is 22.4 Å². The van der Waals surface area contributed by atoms with Crippen molar-refractivity contribution < 1.29 is 34.6 Å². The highest BCUT2D eigenvalue weighted by Gasteiger charge is 2.67. The predicted octanol–water partition coefficient (Wildman–Crippen LogP) is 0.621. The third kappa shape index (κ3) is 3.15. The maximum atomic E-state index is 10.7. The minimum absolute atomic E-state index is 0.138. The van der Waals surface area contributed by atoms with Crippen LogP contribution in [0.2, 0.25) is 0 Å². The second-order valence-electron chi connectivity index (χ2n) is 7.83. The lowest BCUT2D eigenvalue weighted by Crippen LogP contribution is -2.65. The molecule has 0 unspecified atom stereocenters. The SMILES string of the molecule is COc1ccc(Cc2cc([C@]34OC[C@](CO)(O3)[C@@H](O)[C@H](O)[C@H]4O)ccc2C)cc1. The molecule has 2 bridgehead atoms. The molecule has 2 heterocycles. The number of rotatable bonds is 5. The van der Waals surface area contributed by atoms with Crippen molar-refractivity contribution in [2.75, 3.05) is 20.3 Å². The standard InChI is InChI=1S/C22H26O7/c1-13-3-6-16(10-15(13)9-14-4-7-17(27-2)8-5-14)22-20(26)18(24)19(25)21(11-23,29-22)12-28-22/h3-8,10,18-20,23-26H,9,11-12H2,1-2H3/t18-,19-,20+,21-,22-/m0/s1. The second-order valence-corrected chi connectivity index (χ2v) is 7.83. The average Bonchev–Trinajstić information content (AvgIpc) is 3.13. The molecule has 156 valence electrons. The van der Waals surface area contributed by atoms with Crippen molar-refractivity contribution in [2.24, 2.45) is 0 Å². The molecule has 2 aliphatic rings. The summed E-state index contributed by atoms with van der Waals surface area (Å²) in [5.74, 6) is -0.868. The summed E-state index contributed by atoms with van der Waals surface area (Å²) in [6, 6.07) is 13.3. The highest BCUT2D eigenvalue weighted by Crippen LogP contribution is 2.49. The van der Waals surface area contributed by atoms with Crippen molar-refractivity contribution in [3.05, 3.63) is 64.7 Å². The number of aliphatic hydroxyl groups is 4. The van der Waals surface area contributed by atoms with E-state index in [9.17, 15) is 20.4 Å². The molecule has 2 fully saturated rings. The van der Waals surface area contributed by atoms with E-state index in [-0.39, 0.29) is 6.61 Å². The molecule has 2 aromatic carbocycles. The van der Waals surface area contributed by atoms with Crippen LogP contribution in [0.25, 0.3) is 0 Å². The van der Waals surface area contributed by atoms with Crippen molar-refractivity contribution >= 4 is 0 Å². The smallest absolute Gasteiger partial charge is 0.225 e. The quantitative estimate of drug-likeness (QED) is 0.581. The minimum atomic E-state index is -1.65. The Hall–Kier alpha value is -2.00. The summed E-state index contributed by atoms with van der Waals surface area (Å²) in [6.07, 6.45) is -3.82. The number of fused-ring (bicyclic) bond motifs is 2. The normalized spacial score (nSPS) is 33.7. The molecule has 2 saturated heterocycles. The van der Waals surface area contributed by atoms with Gasteiger partial charge in [0.1, 0.15) is 29.7 Å². The molecule has 2 aromatic rings. The van der Waals surface area contributed by atoms with Gasteiger partial charge in [-0.05, 0) is 48.2 Å². The first-order valence-electron chi connectivity index (χ1n) is 9.57. The molecule has 0 radical (unpaired) electrons. The topological polar surface area (TPSA) is 109 Å². The second kappa shape index (κ2) is 7.36. The molecule has 0 amide bonds. The Kier molecular flexibility index (Phi) is 5.14. The molecule has 0 saturated carbocycles. The van der Waals surface area contributed by atoms with Crippen molar-refractivity contribution in [1.29, 1.82) is 0 Å². The largest absolute Gasteiger partial charge is 0.497 e. The van der Waals surface area contributed by atoms with Gasteiger partial charge in [-0.2, -0.15) is 0 Å². The zero-order valence-corrected chi connectivity index (χ0v) is 16.4. The summed E-state index contributed by atoms with van der Waals surface area (Å²) in [5, 5.41) is 41.1. The summed E-state index contributed by atoms with van der Waals surface area (Å²) in [7, 11) is 1.62. The third-order valence-corrected chi connectivity index (χ3v) is 6.03. The van der Waals surface area contributed by atoms with Gasteiger partial charge in [-0.3, -0.25) is 0 Å². The van der Waals surface area contributed by atoms with Gasteiger partial charge >= 0.3 is 0 Å². The number of hydrogen-bond donors (Lipinski definition) is 4. The zero-order chi connectivity index (χ0) is 20.8. The van der Waals surface area contributed by atoms with Crippen LogP contribution in [0.5, 0.6) is 5.75 Å². The van der Waals surface area contributed by atoms with E-state index in [0.29, 0.717) is 12.0 Å². The highest BCUT2D eigenvalue weighted by molar-refractivity contribution is 5.39. The first-order valence-corrected chi connectivity index (χ1v) is 9.57. The maximum Gasteiger partial charge on any atom is 0.225 e. The van der Waals surface area contributed by atoms with Gasteiger partial charge in [-0.1, -0.05) is 24.3 Å². The molecule has 2 aliphatic heterocycles. The molecule has 0 spiro atoms. The van der Waals surface area contributed by atoms with Crippen LogP contribution in [-0.2, 0) is 21.7 Å². The number of ether oxygens (including phenoxy) is 3. The fourth-order valence-electron chi connectivity index (χ4n) is 4.12. The Morgan fingerprint density at radius 2 is 1.79 bits per heavy atom. The zero-order valence-electron chi connectivity index (χ0n) is 16.4. The number of methoxy groups -OCH3 is 1. The van der Waals surface area contributed by atoms with Crippen molar-refractivity contribution in [3.63, 3.8) is 0 Å². The molecule has 0 aromatic heterocycles. The van der Waals surface area contributed by atoms with Crippen molar-refractivity contribution in [2.45, 2.75) is 43.0 Å². The van der Waals surface area contributed by atoms with Crippen LogP contribution < -0.4 is 4.74 Å². The fraction of sp³-hybridized carbons (Fsp3) is 0.455. The summed E-state index contributed by atoms with van der Waals surface area (Å²) in [5.41, 5.74) is 2.20. The van der Waals surface area contributed by atoms with E-state index in [1.165, 1.54) is 0 Å². The monoisotopic (exact) mass is 402 g/mol. The van der Waals surface area contributed by atoms with Gasteiger partial charge in [-0.15, -0.1) is 0 Å². The Morgan fingerprint density at radius 1 is 1.07 bits per heavy atom. The molecule has 7 heteroatoms. The van der Waals surface area contributed by atoms with E-state index in [1.54, 1.807) is 13.2 Å². The summed E-state index contributed by atoms with van der Waals surface area (Å²) in [6.45, 7) is 1.31. The average molecular weight is 402 g/mol. The van der Waals surface area contributed by atoms with Gasteiger partial charge < -0.3 is 34.6 Å². The molecule has 7 nitrogen and oxygen atoms in total. The number of hydrogen-bond acceptors (Lipinski definition) is 7. The van der Waals surface area contributed by atoms with Crippen molar-refractivity contribution in [3.8, 4) is 5.75 Å². The Labute approximate surface area is 169 Å². The maximum absolute atomic E-state index is 10.7. The molecule has 4 rings (SSSR count). The molecule has 29 heavy (non-hydrogen) atoms. The molecule has 0 aliphatic carbocycles. The summed E-state index contributed by atoms with van der Waals surface area (Å²) in [4.78, 5) is 0. The van der Waals surface area contributed by atoms with E-state index >= 15 is 0 Å². The van der Waals surface area contributed by atoms with Gasteiger partial charge in [0.05, 0.1) is 20.3 Å². The molecule has 4 N–H and O–H groups in total. The number of aliphatic hydroxyl groups excluding tert-OH is 4. The Morgan fingerprint density at radius 3 is 2.45 bits per heavy atom. The summed E-state index contributed by atoms with van der Waals surface area (Å²) < 4.78 is 16.9. The van der Waals surface area contributed by atoms with E-state index in [1.807, 2.05) is 43.3 Å². The molecule has 5 atom stereocenters. The Balaban J connectivity index is 1.69. The van der Waals surface area contributed by atoms with Gasteiger partial charge in [0, 0.05) is 5.56 Å². The first-order chi connectivity index (χ1) is 13.8. The Bertz CT molecular complexity index is 883. The summed E-state index contributed by atoms with van der Waals surface area (Å²) >= 11 is 0. The van der Waals surface area contributed by atoms with Gasteiger partial charge in [-0.25, -0.2) is 0 Å². The minimum Gasteiger partial charge on any atom is -0.497 e. The van der Waals surface area contributed by atoms with E-state index in [4.69, 9.17) is 14.2 Å². The van der Waals surface area contributed by atoms with Gasteiger partial charge in [0.25, 0.3) is 0 Å². The first kappa shape index (κ1) is 20.3. The lowest BCUT2D eigenvalue weighted by atomic mass is 9.83. The van der Waals surface area contributed by atoms with Crippen LogP contribution in [0.4, 0.5) is 0 Å². The lowest BCUT2D eigenvalue weighted by Gasteiger charge is -2.46. The number of aryl methyl sites for hydroxylation is 1. The highest BCUT2D eigenvalue weighted by atomic mass is 16.8. The van der Waals surface area contributed by atoms with Crippen LogP contribution >= 0.6 is 0 Å². The lowest BCUT2D eigenvalue weighted by molar-refractivity contribution is -0.329. The van der Waals surface area contributed by atoms with E-state index in [2.05, 4.69) is 0 Å².